The molecule has 0 saturated heterocycles. The van der Waals surface area contributed by atoms with Crippen LogP contribution in [0.2, 0.25) is 0 Å². The molecular formula is C17H25F2N. The summed E-state index contributed by atoms with van der Waals surface area (Å²) in [5.74, 6) is -0.973. The molecular weight excluding hydrogens is 256 g/mol. The molecule has 0 aromatic heterocycles. The van der Waals surface area contributed by atoms with Crippen LogP contribution in [0.3, 0.4) is 0 Å². The van der Waals surface area contributed by atoms with Crippen molar-refractivity contribution in [1.82, 2.24) is 5.32 Å². The molecule has 1 aromatic rings. The van der Waals surface area contributed by atoms with E-state index in [4.69, 9.17) is 0 Å². The zero-order chi connectivity index (χ0) is 15.2. The molecule has 0 bridgehead atoms. The van der Waals surface area contributed by atoms with Gasteiger partial charge in [-0.3, -0.25) is 0 Å². The van der Waals surface area contributed by atoms with Gasteiger partial charge in [0.05, 0.1) is 0 Å². The minimum absolute atomic E-state index is 0.00139. The highest BCUT2D eigenvalue weighted by molar-refractivity contribution is 5.32. The summed E-state index contributed by atoms with van der Waals surface area (Å²) in [7, 11) is 0. The van der Waals surface area contributed by atoms with Crippen molar-refractivity contribution in [3.63, 3.8) is 0 Å². The fourth-order valence-corrected chi connectivity index (χ4v) is 3.51. The fourth-order valence-electron chi connectivity index (χ4n) is 3.51. The van der Waals surface area contributed by atoms with E-state index in [0.29, 0.717) is 0 Å². The molecule has 20 heavy (non-hydrogen) atoms. The molecule has 0 spiro atoms. The topological polar surface area (TPSA) is 12.0 Å². The lowest BCUT2D eigenvalue weighted by Crippen LogP contribution is -2.55. The van der Waals surface area contributed by atoms with Crippen LogP contribution >= 0.6 is 0 Å². The summed E-state index contributed by atoms with van der Waals surface area (Å²) in [5, 5.41) is 3.49. The van der Waals surface area contributed by atoms with E-state index in [-0.39, 0.29) is 16.4 Å². The van der Waals surface area contributed by atoms with E-state index >= 15 is 0 Å². The predicted molar refractivity (Wildman–Crippen MR) is 78.8 cm³/mol. The van der Waals surface area contributed by atoms with Crippen LogP contribution in [-0.2, 0) is 5.41 Å². The van der Waals surface area contributed by atoms with Gasteiger partial charge in [0.25, 0.3) is 0 Å². The summed E-state index contributed by atoms with van der Waals surface area (Å²) in [4.78, 5) is 0. The number of hydrogen-bond acceptors (Lipinski definition) is 1. The van der Waals surface area contributed by atoms with E-state index in [0.717, 1.165) is 31.0 Å². The first-order valence-electron chi connectivity index (χ1n) is 7.23. The molecule has 1 fully saturated rings. The lowest BCUT2D eigenvalue weighted by molar-refractivity contribution is 0.0508. The first-order chi connectivity index (χ1) is 9.01. The van der Waals surface area contributed by atoms with Gasteiger partial charge in [-0.1, -0.05) is 13.8 Å². The van der Waals surface area contributed by atoms with E-state index in [1.807, 2.05) is 0 Å². The second-order valence-electron chi connectivity index (χ2n) is 8.06. The van der Waals surface area contributed by atoms with Crippen LogP contribution < -0.4 is 5.32 Å². The second kappa shape index (κ2) is 4.80. The molecule has 0 heterocycles. The summed E-state index contributed by atoms with van der Waals surface area (Å²) in [6, 6.07) is 3.92. The first-order valence-corrected chi connectivity index (χ1v) is 7.23. The van der Waals surface area contributed by atoms with Crippen LogP contribution in [0.25, 0.3) is 0 Å². The Balaban J connectivity index is 2.28. The Labute approximate surface area is 120 Å². The molecule has 0 unspecified atom stereocenters. The molecule has 0 aliphatic heterocycles. The van der Waals surface area contributed by atoms with Gasteiger partial charge in [0.15, 0.2) is 0 Å². The lowest BCUT2D eigenvalue weighted by Gasteiger charge is -2.54. The Morgan fingerprint density at radius 3 is 1.95 bits per heavy atom. The third-order valence-corrected chi connectivity index (χ3v) is 4.07. The van der Waals surface area contributed by atoms with Gasteiger partial charge in [-0.05, 0) is 56.7 Å². The normalized spacial score (nSPS) is 20.6. The van der Waals surface area contributed by atoms with Crippen molar-refractivity contribution in [3.8, 4) is 0 Å². The van der Waals surface area contributed by atoms with Crippen molar-refractivity contribution in [2.24, 2.45) is 5.41 Å². The van der Waals surface area contributed by atoms with Crippen LogP contribution in [0.1, 0.15) is 53.0 Å². The van der Waals surface area contributed by atoms with Gasteiger partial charge in [0.2, 0.25) is 0 Å². The molecule has 1 N–H and O–H groups in total. The maximum absolute atomic E-state index is 13.5. The van der Waals surface area contributed by atoms with Gasteiger partial charge >= 0.3 is 0 Å². The highest BCUT2D eigenvalue weighted by Gasteiger charge is 2.50. The van der Waals surface area contributed by atoms with Crippen molar-refractivity contribution in [2.75, 3.05) is 6.54 Å². The van der Waals surface area contributed by atoms with E-state index in [2.05, 4.69) is 39.9 Å². The Morgan fingerprint density at radius 1 is 1.05 bits per heavy atom. The number of nitrogens with one attached hydrogen (secondary N) is 1. The number of hydrogen-bond donors (Lipinski definition) is 1. The molecule has 3 heteroatoms. The highest BCUT2D eigenvalue weighted by Crippen LogP contribution is 2.55. The molecule has 0 radical (unpaired) electrons. The Morgan fingerprint density at radius 2 is 1.55 bits per heavy atom. The zero-order valence-corrected chi connectivity index (χ0v) is 13.1. The molecule has 0 atom stereocenters. The lowest BCUT2D eigenvalue weighted by atomic mass is 9.51. The molecule has 1 aliphatic rings. The Kier molecular flexibility index (Phi) is 3.70. The minimum atomic E-state index is -0.486. The van der Waals surface area contributed by atoms with Gasteiger partial charge in [-0.15, -0.1) is 0 Å². The summed E-state index contributed by atoms with van der Waals surface area (Å²) >= 11 is 0. The van der Waals surface area contributed by atoms with Crippen molar-refractivity contribution in [1.29, 1.82) is 0 Å². The van der Waals surface area contributed by atoms with Crippen molar-refractivity contribution in [3.05, 3.63) is 35.4 Å². The molecule has 1 aromatic carbocycles. The molecule has 1 nitrogen and oxygen atoms in total. The second-order valence-corrected chi connectivity index (χ2v) is 8.06. The Bertz CT molecular complexity index is 472. The quantitative estimate of drug-likeness (QED) is 0.865. The zero-order valence-electron chi connectivity index (χ0n) is 13.1. The van der Waals surface area contributed by atoms with Crippen LogP contribution in [0.4, 0.5) is 8.78 Å². The molecule has 1 saturated carbocycles. The molecule has 112 valence electrons. The minimum Gasteiger partial charge on any atom is -0.311 e. The smallest absolute Gasteiger partial charge is 0.126 e. The van der Waals surface area contributed by atoms with Crippen molar-refractivity contribution >= 4 is 0 Å². The van der Waals surface area contributed by atoms with Crippen LogP contribution in [-0.4, -0.2) is 12.1 Å². The van der Waals surface area contributed by atoms with E-state index in [1.165, 1.54) is 12.1 Å². The van der Waals surface area contributed by atoms with Crippen LogP contribution in [0, 0.1) is 17.0 Å². The van der Waals surface area contributed by atoms with E-state index in [1.54, 1.807) is 0 Å². The molecule has 1 aliphatic carbocycles. The largest absolute Gasteiger partial charge is 0.311 e. The third kappa shape index (κ3) is 3.38. The Hall–Kier alpha value is -0.960. The van der Waals surface area contributed by atoms with Gasteiger partial charge in [-0.2, -0.15) is 0 Å². The summed E-state index contributed by atoms with van der Waals surface area (Å²) in [6.45, 7) is 11.5. The van der Waals surface area contributed by atoms with Gasteiger partial charge in [-0.25, -0.2) is 8.78 Å². The SMILES string of the molecule is CC1(C)CC(CNC(C)(C)C)(c2cc(F)cc(F)c2)C1. The maximum Gasteiger partial charge on any atom is 0.126 e. The molecule has 2 rings (SSSR count). The van der Waals surface area contributed by atoms with Crippen LogP contribution in [0.5, 0.6) is 0 Å². The van der Waals surface area contributed by atoms with Crippen molar-refractivity contribution in [2.45, 2.75) is 58.4 Å². The number of halogens is 2. The summed E-state index contributed by atoms with van der Waals surface area (Å²) < 4.78 is 27.1. The van der Waals surface area contributed by atoms with Crippen molar-refractivity contribution < 1.29 is 8.78 Å². The average Bonchev–Trinajstić information content (AvgIpc) is 2.20. The number of rotatable bonds is 3. The highest BCUT2D eigenvalue weighted by atomic mass is 19.1. The summed E-state index contributed by atoms with van der Waals surface area (Å²) in [5.41, 5.74) is 0.867. The standard InChI is InChI=1S/C17H25F2N/c1-15(2,3)20-11-17(9-16(4,5)10-17)12-6-13(18)8-14(19)7-12/h6-8,20H,9-11H2,1-5H3. The monoisotopic (exact) mass is 281 g/mol. The summed E-state index contributed by atoms with van der Waals surface area (Å²) in [6.07, 6.45) is 1.90. The fraction of sp³-hybridized carbons (Fsp3) is 0.647. The molecule has 0 amide bonds. The maximum atomic E-state index is 13.5. The average molecular weight is 281 g/mol. The number of benzene rings is 1. The van der Waals surface area contributed by atoms with Gasteiger partial charge in [0.1, 0.15) is 11.6 Å². The first kappa shape index (κ1) is 15.4. The van der Waals surface area contributed by atoms with E-state index < -0.39 is 11.6 Å². The predicted octanol–water partition coefficient (Wildman–Crippen LogP) is 4.41. The van der Waals surface area contributed by atoms with E-state index in [9.17, 15) is 8.78 Å². The van der Waals surface area contributed by atoms with Gasteiger partial charge in [0, 0.05) is 23.6 Å². The third-order valence-electron chi connectivity index (χ3n) is 4.07. The van der Waals surface area contributed by atoms with Gasteiger partial charge < -0.3 is 5.32 Å². The van der Waals surface area contributed by atoms with Crippen LogP contribution in [0.15, 0.2) is 18.2 Å².